The molecule has 0 bridgehead atoms. The highest BCUT2D eigenvalue weighted by Crippen LogP contribution is 2.32. The lowest BCUT2D eigenvalue weighted by atomic mass is 9.94. The summed E-state index contributed by atoms with van der Waals surface area (Å²) in [5.41, 5.74) is 0.775. The average Bonchev–Trinajstić information content (AvgIpc) is 2.52. The van der Waals surface area contributed by atoms with Crippen molar-refractivity contribution in [2.75, 3.05) is 24.6 Å². The van der Waals surface area contributed by atoms with Crippen LogP contribution in [0.5, 0.6) is 5.75 Å². The molecule has 92 valence electrons. The number of anilines is 1. The molecule has 1 aliphatic heterocycles. The molecule has 0 atom stereocenters. The summed E-state index contributed by atoms with van der Waals surface area (Å²) in [5, 5.41) is 0. The molecule has 17 heavy (non-hydrogen) atoms. The zero-order valence-electron chi connectivity index (χ0n) is 10.5. The van der Waals surface area contributed by atoms with E-state index < -0.39 is 0 Å². The van der Waals surface area contributed by atoms with Crippen LogP contribution in [0.1, 0.15) is 20.3 Å². The number of carbonyl (C=O) groups is 1. The van der Waals surface area contributed by atoms with Crippen LogP contribution in [-0.4, -0.2) is 26.0 Å². The first-order valence-electron chi connectivity index (χ1n) is 6.05. The smallest absolute Gasteiger partial charge is 0.142 e. The molecule has 1 aromatic rings. The van der Waals surface area contributed by atoms with E-state index in [0.717, 1.165) is 43.8 Å². The van der Waals surface area contributed by atoms with Crippen molar-refractivity contribution in [3.8, 4) is 5.75 Å². The number of ether oxygens (including phenoxy) is 1. The molecule has 0 fully saturated rings. The van der Waals surface area contributed by atoms with Crippen LogP contribution in [-0.2, 0) is 4.79 Å². The minimum Gasteiger partial charge on any atom is -0.491 e. The summed E-state index contributed by atoms with van der Waals surface area (Å²) < 4.78 is 5.70. The van der Waals surface area contributed by atoms with Crippen molar-refractivity contribution in [3.63, 3.8) is 0 Å². The van der Waals surface area contributed by atoms with E-state index >= 15 is 0 Å². The highest BCUT2D eigenvalue weighted by Gasteiger charge is 2.24. The molecule has 0 radical (unpaired) electrons. The zero-order valence-corrected chi connectivity index (χ0v) is 10.5. The number of aldehydes is 1. The second kappa shape index (κ2) is 4.78. The van der Waals surface area contributed by atoms with Crippen LogP contribution in [0.25, 0.3) is 0 Å². The topological polar surface area (TPSA) is 29.5 Å². The molecule has 1 heterocycles. The molecular formula is C14H19NO2. The Bertz CT molecular complexity index is 401. The lowest BCUT2D eigenvalue weighted by molar-refractivity contribution is -0.114. The predicted octanol–water partition coefficient (Wildman–Crippen LogP) is 2.50. The van der Waals surface area contributed by atoms with E-state index in [1.807, 2.05) is 32.0 Å². The monoisotopic (exact) mass is 233 g/mol. The van der Waals surface area contributed by atoms with E-state index in [0.29, 0.717) is 0 Å². The lowest BCUT2D eigenvalue weighted by Gasteiger charge is -2.30. The Hall–Kier alpha value is -1.51. The zero-order chi connectivity index (χ0) is 12.3. The fourth-order valence-electron chi connectivity index (χ4n) is 2.09. The van der Waals surface area contributed by atoms with Crippen LogP contribution in [0.15, 0.2) is 24.3 Å². The summed E-state index contributed by atoms with van der Waals surface area (Å²) in [5.74, 6) is 0.923. The molecule has 0 spiro atoms. The Labute approximate surface area is 102 Å². The number of hydrogen-bond acceptors (Lipinski definition) is 3. The van der Waals surface area contributed by atoms with Crippen molar-refractivity contribution in [2.45, 2.75) is 20.3 Å². The van der Waals surface area contributed by atoms with Crippen LogP contribution in [0.2, 0.25) is 0 Å². The summed E-state index contributed by atoms with van der Waals surface area (Å²) in [6, 6.07) is 8.03. The van der Waals surface area contributed by atoms with Crippen molar-refractivity contribution in [1.82, 2.24) is 0 Å². The molecule has 0 amide bonds. The maximum atomic E-state index is 11.0. The molecule has 1 aliphatic rings. The minimum absolute atomic E-state index is 0.322. The lowest BCUT2D eigenvalue weighted by Crippen LogP contribution is -2.35. The van der Waals surface area contributed by atoms with Crippen LogP contribution in [0.4, 0.5) is 5.69 Å². The first-order valence-corrected chi connectivity index (χ1v) is 6.05. The van der Waals surface area contributed by atoms with Gasteiger partial charge in [0, 0.05) is 18.5 Å². The van der Waals surface area contributed by atoms with E-state index in [1.54, 1.807) is 0 Å². The number of rotatable bonds is 3. The molecule has 3 heteroatoms. The quantitative estimate of drug-likeness (QED) is 0.751. The fraction of sp³-hybridized carbons (Fsp3) is 0.500. The van der Waals surface area contributed by atoms with Crippen molar-refractivity contribution < 1.29 is 9.53 Å². The Kier molecular flexibility index (Phi) is 3.36. The van der Waals surface area contributed by atoms with Gasteiger partial charge in [-0.25, -0.2) is 0 Å². The molecular weight excluding hydrogens is 214 g/mol. The number of benzene rings is 1. The molecule has 0 unspecified atom stereocenters. The highest BCUT2D eigenvalue weighted by molar-refractivity contribution is 5.63. The maximum absolute atomic E-state index is 11.0. The second-order valence-electron chi connectivity index (χ2n) is 5.20. The van der Waals surface area contributed by atoms with Crippen molar-refractivity contribution >= 4 is 12.0 Å². The van der Waals surface area contributed by atoms with E-state index in [-0.39, 0.29) is 5.41 Å². The summed E-state index contributed by atoms with van der Waals surface area (Å²) in [4.78, 5) is 13.3. The molecule has 0 aliphatic carbocycles. The number of hydrogen-bond donors (Lipinski definition) is 0. The molecule has 0 saturated heterocycles. The molecule has 1 aromatic carbocycles. The van der Waals surface area contributed by atoms with Crippen molar-refractivity contribution in [1.29, 1.82) is 0 Å². The Morgan fingerprint density at radius 2 is 2.18 bits per heavy atom. The van der Waals surface area contributed by atoms with Gasteiger partial charge in [-0.3, -0.25) is 0 Å². The number of nitrogens with zero attached hydrogens (tertiary/aromatic N) is 1. The van der Waals surface area contributed by atoms with Gasteiger partial charge in [0.2, 0.25) is 0 Å². The van der Waals surface area contributed by atoms with Gasteiger partial charge in [-0.1, -0.05) is 26.0 Å². The van der Waals surface area contributed by atoms with Gasteiger partial charge in [0.1, 0.15) is 12.0 Å². The van der Waals surface area contributed by atoms with Gasteiger partial charge >= 0.3 is 0 Å². The summed E-state index contributed by atoms with van der Waals surface area (Å²) in [7, 11) is 0. The van der Waals surface area contributed by atoms with E-state index in [1.165, 1.54) is 0 Å². The van der Waals surface area contributed by atoms with Crippen LogP contribution < -0.4 is 9.64 Å². The second-order valence-corrected chi connectivity index (χ2v) is 5.20. The van der Waals surface area contributed by atoms with Crippen molar-refractivity contribution in [2.24, 2.45) is 5.41 Å². The Morgan fingerprint density at radius 1 is 1.41 bits per heavy atom. The predicted molar refractivity (Wildman–Crippen MR) is 68.6 cm³/mol. The van der Waals surface area contributed by atoms with Gasteiger partial charge in [0.15, 0.2) is 0 Å². The van der Waals surface area contributed by atoms with Crippen LogP contribution in [0.3, 0.4) is 0 Å². The van der Waals surface area contributed by atoms with Crippen LogP contribution in [0, 0.1) is 5.41 Å². The third-order valence-electron chi connectivity index (χ3n) is 2.95. The van der Waals surface area contributed by atoms with Gasteiger partial charge < -0.3 is 14.4 Å². The molecule has 0 saturated carbocycles. The summed E-state index contributed by atoms with van der Waals surface area (Å²) in [6.45, 7) is 6.35. The maximum Gasteiger partial charge on any atom is 0.142 e. The van der Waals surface area contributed by atoms with Gasteiger partial charge in [-0.2, -0.15) is 0 Å². The van der Waals surface area contributed by atoms with E-state index in [9.17, 15) is 4.79 Å². The van der Waals surface area contributed by atoms with Gasteiger partial charge in [0.05, 0.1) is 12.3 Å². The first-order chi connectivity index (χ1) is 8.12. The first kappa shape index (κ1) is 12.0. The SMILES string of the molecule is CC(C)(C=O)CN1CCCOc2ccccc21. The molecule has 3 nitrogen and oxygen atoms in total. The Balaban J connectivity index is 2.26. The minimum atomic E-state index is -0.322. The third-order valence-corrected chi connectivity index (χ3v) is 2.95. The number of carbonyl (C=O) groups excluding carboxylic acids is 1. The van der Waals surface area contributed by atoms with Gasteiger partial charge in [-0.15, -0.1) is 0 Å². The summed E-state index contributed by atoms with van der Waals surface area (Å²) in [6.07, 6.45) is 2.02. The largest absolute Gasteiger partial charge is 0.491 e. The van der Waals surface area contributed by atoms with E-state index in [4.69, 9.17) is 4.74 Å². The molecule has 0 N–H and O–H groups in total. The fourth-order valence-corrected chi connectivity index (χ4v) is 2.09. The number of fused-ring (bicyclic) bond motifs is 1. The van der Waals surface area contributed by atoms with E-state index in [2.05, 4.69) is 11.0 Å². The standard InChI is InChI=1S/C14H19NO2/c1-14(2,11-16)10-15-8-5-9-17-13-7-4-3-6-12(13)15/h3-4,6-7,11H,5,8-10H2,1-2H3. The summed E-state index contributed by atoms with van der Waals surface area (Å²) >= 11 is 0. The van der Waals surface area contributed by atoms with Crippen LogP contribution >= 0.6 is 0 Å². The molecule has 2 rings (SSSR count). The average molecular weight is 233 g/mol. The van der Waals surface area contributed by atoms with Crippen molar-refractivity contribution in [3.05, 3.63) is 24.3 Å². The Morgan fingerprint density at radius 3 is 2.94 bits per heavy atom. The number of para-hydroxylation sites is 2. The highest BCUT2D eigenvalue weighted by atomic mass is 16.5. The molecule has 0 aromatic heterocycles. The third kappa shape index (κ3) is 2.78. The van der Waals surface area contributed by atoms with Gasteiger partial charge in [0.25, 0.3) is 0 Å². The van der Waals surface area contributed by atoms with Gasteiger partial charge in [-0.05, 0) is 18.6 Å². The normalized spacial score (nSPS) is 15.8.